The first-order valence-electron chi connectivity index (χ1n) is 6.59. The molecule has 1 fully saturated rings. The summed E-state index contributed by atoms with van der Waals surface area (Å²) in [5, 5.41) is 6.29. The number of hydrogen-bond donors (Lipinski definition) is 2. The van der Waals surface area contributed by atoms with E-state index in [4.69, 9.17) is 16.3 Å². The van der Waals surface area contributed by atoms with Crippen LogP contribution in [-0.2, 0) is 9.53 Å². The van der Waals surface area contributed by atoms with Gasteiger partial charge in [-0.25, -0.2) is 4.39 Å². The van der Waals surface area contributed by atoms with Crippen LogP contribution in [0.15, 0.2) is 18.2 Å². The van der Waals surface area contributed by atoms with Gasteiger partial charge in [0.25, 0.3) is 0 Å². The molecular weight excluding hydrogens is 318 g/mol. The molecule has 1 saturated heterocycles. The number of halogens is 3. The monoisotopic (exact) mass is 336 g/mol. The summed E-state index contributed by atoms with van der Waals surface area (Å²) in [7, 11) is 0. The van der Waals surface area contributed by atoms with Gasteiger partial charge in [0, 0.05) is 11.6 Å². The molecule has 2 rings (SSSR count). The number of carbonyl (C=O) groups excluding carboxylic acids is 1. The maximum Gasteiger partial charge on any atom is 0.240 e. The summed E-state index contributed by atoms with van der Waals surface area (Å²) >= 11 is 5.99. The number of ether oxygens (including phenoxy) is 1. The van der Waals surface area contributed by atoms with E-state index in [0.29, 0.717) is 23.7 Å². The first-order chi connectivity index (χ1) is 9.49. The minimum Gasteiger partial charge on any atom is -0.375 e. The molecule has 1 aliphatic rings. The van der Waals surface area contributed by atoms with Gasteiger partial charge in [-0.2, -0.15) is 0 Å². The molecule has 1 aromatic carbocycles. The van der Waals surface area contributed by atoms with Crippen molar-refractivity contribution in [3.05, 3.63) is 34.6 Å². The van der Waals surface area contributed by atoms with E-state index in [1.165, 1.54) is 12.1 Å². The van der Waals surface area contributed by atoms with Crippen LogP contribution in [0.1, 0.15) is 25.5 Å². The Kier molecular flexibility index (Phi) is 6.87. The lowest BCUT2D eigenvalue weighted by molar-refractivity contribution is -0.129. The van der Waals surface area contributed by atoms with Gasteiger partial charge in [-0.15, -0.1) is 12.4 Å². The van der Waals surface area contributed by atoms with Crippen molar-refractivity contribution >= 4 is 29.9 Å². The lowest BCUT2D eigenvalue weighted by Crippen LogP contribution is -2.55. The lowest BCUT2D eigenvalue weighted by atomic mass is 10.1. The molecule has 1 amide bonds. The van der Waals surface area contributed by atoms with Crippen LogP contribution in [0.4, 0.5) is 4.39 Å². The molecule has 0 aliphatic carbocycles. The third-order valence-electron chi connectivity index (χ3n) is 3.39. The summed E-state index contributed by atoms with van der Waals surface area (Å²) in [6.45, 7) is 4.91. The van der Waals surface area contributed by atoms with E-state index >= 15 is 0 Å². The number of nitrogens with one attached hydrogen (secondary N) is 2. The lowest BCUT2D eigenvalue weighted by Gasteiger charge is -2.30. The highest BCUT2D eigenvalue weighted by Crippen LogP contribution is 2.23. The predicted octanol–water partition coefficient (Wildman–Crippen LogP) is 2.46. The standard InChI is InChI=1S/C14H18ClFN2O2.ClH/c1-8(11-4-3-10(16)7-12(11)15)18-14(19)13-9(2)20-6-5-17-13;/h3-4,7-9,13,17H,5-6H2,1-2H3,(H,18,19);1H/t8?,9-,13+;/m1./s1. The Hall–Kier alpha value is -0.880. The number of hydrogen-bond acceptors (Lipinski definition) is 3. The van der Waals surface area contributed by atoms with Crippen molar-refractivity contribution in [2.45, 2.75) is 32.0 Å². The van der Waals surface area contributed by atoms with Gasteiger partial charge >= 0.3 is 0 Å². The van der Waals surface area contributed by atoms with Crippen LogP contribution in [0, 0.1) is 5.82 Å². The van der Waals surface area contributed by atoms with E-state index in [1.807, 2.05) is 13.8 Å². The van der Waals surface area contributed by atoms with Gasteiger partial charge in [-0.1, -0.05) is 17.7 Å². The summed E-state index contributed by atoms with van der Waals surface area (Å²) in [6, 6.07) is 3.46. The number of amides is 1. The van der Waals surface area contributed by atoms with Gasteiger partial charge in [0.15, 0.2) is 0 Å². The maximum atomic E-state index is 13.0. The van der Waals surface area contributed by atoms with E-state index in [2.05, 4.69) is 10.6 Å². The van der Waals surface area contributed by atoms with Crippen LogP contribution in [0.2, 0.25) is 5.02 Å². The second kappa shape index (κ2) is 7.94. The molecule has 1 aromatic rings. The summed E-state index contributed by atoms with van der Waals surface area (Å²) in [5.41, 5.74) is 0.686. The van der Waals surface area contributed by atoms with Gasteiger partial charge in [-0.3, -0.25) is 4.79 Å². The van der Waals surface area contributed by atoms with Crippen LogP contribution in [-0.4, -0.2) is 31.2 Å². The molecule has 0 radical (unpaired) electrons. The highest BCUT2D eigenvalue weighted by molar-refractivity contribution is 6.31. The number of benzene rings is 1. The van der Waals surface area contributed by atoms with E-state index in [0.717, 1.165) is 0 Å². The van der Waals surface area contributed by atoms with Crippen molar-refractivity contribution in [1.82, 2.24) is 10.6 Å². The molecule has 21 heavy (non-hydrogen) atoms. The van der Waals surface area contributed by atoms with E-state index in [-0.39, 0.29) is 36.5 Å². The first-order valence-corrected chi connectivity index (χ1v) is 6.97. The van der Waals surface area contributed by atoms with Crippen molar-refractivity contribution in [2.75, 3.05) is 13.2 Å². The molecule has 0 bridgehead atoms. The fraction of sp³-hybridized carbons (Fsp3) is 0.500. The third-order valence-corrected chi connectivity index (χ3v) is 3.71. The van der Waals surface area contributed by atoms with Crippen molar-refractivity contribution in [3.63, 3.8) is 0 Å². The zero-order chi connectivity index (χ0) is 14.7. The average Bonchev–Trinajstić information content (AvgIpc) is 2.38. The molecule has 118 valence electrons. The zero-order valence-electron chi connectivity index (χ0n) is 11.9. The third kappa shape index (κ3) is 4.54. The SMILES string of the molecule is CC(NC(=O)[C@H]1NCCO[C@@H]1C)c1ccc(F)cc1Cl.Cl. The molecule has 4 nitrogen and oxygen atoms in total. The molecule has 0 spiro atoms. The van der Waals surface area contributed by atoms with Crippen molar-refractivity contribution in [2.24, 2.45) is 0 Å². The van der Waals surface area contributed by atoms with Crippen LogP contribution in [0.3, 0.4) is 0 Å². The van der Waals surface area contributed by atoms with Gasteiger partial charge < -0.3 is 15.4 Å². The Morgan fingerprint density at radius 2 is 2.29 bits per heavy atom. The molecule has 1 heterocycles. The van der Waals surface area contributed by atoms with Crippen molar-refractivity contribution in [1.29, 1.82) is 0 Å². The highest BCUT2D eigenvalue weighted by Gasteiger charge is 2.29. The summed E-state index contributed by atoms with van der Waals surface area (Å²) in [4.78, 5) is 12.2. The van der Waals surface area contributed by atoms with Gasteiger partial charge in [0.2, 0.25) is 5.91 Å². The van der Waals surface area contributed by atoms with Crippen LogP contribution in [0.25, 0.3) is 0 Å². The van der Waals surface area contributed by atoms with Crippen molar-refractivity contribution in [3.8, 4) is 0 Å². The summed E-state index contributed by atoms with van der Waals surface area (Å²) in [6.07, 6.45) is -0.181. The van der Waals surface area contributed by atoms with E-state index in [9.17, 15) is 9.18 Å². The minimum atomic E-state index is -0.395. The Bertz CT molecular complexity index is 502. The second-order valence-electron chi connectivity index (χ2n) is 4.90. The first kappa shape index (κ1) is 18.2. The molecule has 0 aromatic heterocycles. The average molecular weight is 337 g/mol. The Morgan fingerprint density at radius 3 is 2.90 bits per heavy atom. The largest absolute Gasteiger partial charge is 0.375 e. The molecule has 0 saturated carbocycles. The van der Waals surface area contributed by atoms with Crippen LogP contribution >= 0.6 is 24.0 Å². The normalized spacial score (nSPS) is 23.0. The van der Waals surface area contributed by atoms with Gasteiger partial charge in [0.1, 0.15) is 11.9 Å². The second-order valence-corrected chi connectivity index (χ2v) is 5.31. The predicted molar refractivity (Wildman–Crippen MR) is 82.4 cm³/mol. The van der Waals surface area contributed by atoms with E-state index < -0.39 is 5.82 Å². The Balaban J connectivity index is 0.00000220. The van der Waals surface area contributed by atoms with Crippen molar-refractivity contribution < 1.29 is 13.9 Å². The number of rotatable bonds is 3. The summed E-state index contributed by atoms with van der Waals surface area (Å²) in [5.74, 6) is -0.543. The smallest absolute Gasteiger partial charge is 0.240 e. The Morgan fingerprint density at radius 1 is 1.57 bits per heavy atom. The topological polar surface area (TPSA) is 50.4 Å². The summed E-state index contributed by atoms with van der Waals surface area (Å²) < 4.78 is 18.5. The van der Waals surface area contributed by atoms with E-state index in [1.54, 1.807) is 6.07 Å². The van der Waals surface area contributed by atoms with Crippen LogP contribution < -0.4 is 10.6 Å². The molecular formula is C14H19Cl2FN2O2. The number of carbonyl (C=O) groups is 1. The highest BCUT2D eigenvalue weighted by atomic mass is 35.5. The molecule has 2 N–H and O–H groups in total. The number of morpholine rings is 1. The Labute approximate surface area is 134 Å². The fourth-order valence-corrected chi connectivity index (χ4v) is 2.59. The zero-order valence-corrected chi connectivity index (χ0v) is 13.4. The quantitative estimate of drug-likeness (QED) is 0.891. The molecule has 1 unspecified atom stereocenters. The van der Waals surface area contributed by atoms with Crippen LogP contribution in [0.5, 0.6) is 0 Å². The molecule has 7 heteroatoms. The fourth-order valence-electron chi connectivity index (χ4n) is 2.26. The molecule has 1 aliphatic heterocycles. The van der Waals surface area contributed by atoms with Gasteiger partial charge in [0.05, 0.1) is 18.8 Å². The minimum absolute atomic E-state index is 0. The maximum absolute atomic E-state index is 13.0. The molecule has 3 atom stereocenters. The van der Waals surface area contributed by atoms with Gasteiger partial charge in [-0.05, 0) is 31.5 Å².